The van der Waals surface area contributed by atoms with E-state index in [1.807, 2.05) is 24.3 Å². The smallest absolute Gasteiger partial charge is 0.259 e. The maximum absolute atomic E-state index is 12.0. The fourth-order valence-electron chi connectivity index (χ4n) is 3.07. The van der Waals surface area contributed by atoms with Gasteiger partial charge in [0.25, 0.3) is 11.8 Å². The van der Waals surface area contributed by atoms with Gasteiger partial charge in [0, 0.05) is 30.8 Å². The van der Waals surface area contributed by atoms with Crippen LogP contribution in [-0.2, 0) is 16.1 Å². The van der Waals surface area contributed by atoms with Crippen molar-refractivity contribution in [1.82, 2.24) is 15.6 Å². The Kier molecular flexibility index (Phi) is 7.94. The van der Waals surface area contributed by atoms with E-state index >= 15 is 0 Å². The van der Waals surface area contributed by atoms with E-state index in [1.54, 1.807) is 37.6 Å². The van der Waals surface area contributed by atoms with Gasteiger partial charge in [0.15, 0.2) is 0 Å². The van der Waals surface area contributed by atoms with Crippen LogP contribution in [0, 0.1) is 0 Å². The quantitative estimate of drug-likeness (QED) is 0.507. The Morgan fingerprint density at radius 1 is 1.17 bits per heavy atom. The molecule has 1 heterocycles. The normalized spacial score (nSPS) is 14.4. The molecule has 2 aromatic carbocycles. The van der Waals surface area contributed by atoms with Crippen LogP contribution in [0.25, 0.3) is 0 Å². The first kappa shape index (κ1) is 21.5. The molecule has 0 saturated carbocycles. The number of hydrazone groups is 1. The van der Waals surface area contributed by atoms with Crippen molar-refractivity contribution in [2.24, 2.45) is 5.10 Å². The number of carbonyl (C=O) groups is 2. The van der Waals surface area contributed by atoms with Crippen LogP contribution in [0.1, 0.15) is 21.5 Å². The van der Waals surface area contributed by atoms with Crippen LogP contribution < -0.4 is 15.5 Å². The second-order valence-corrected chi connectivity index (χ2v) is 6.80. The molecule has 30 heavy (non-hydrogen) atoms. The summed E-state index contributed by atoms with van der Waals surface area (Å²) in [4.78, 5) is 26.2. The lowest BCUT2D eigenvalue weighted by Crippen LogP contribution is -2.35. The lowest BCUT2D eigenvalue weighted by molar-refractivity contribution is -0.120. The molecule has 3 rings (SSSR count). The number of benzene rings is 2. The molecule has 8 heteroatoms. The van der Waals surface area contributed by atoms with Crippen molar-refractivity contribution in [3.63, 3.8) is 0 Å². The molecule has 2 N–H and O–H groups in total. The maximum atomic E-state index is 12.0. The number of nitrogens with one attached hydrogen (secondary N) is 2. The first-order valence-corrected chi connectivity index (χ1v) is 9.78. The number of hydrogen-bond acceptors (Lipinski definition) is 6. The Labute approximate surface area is 175 Å². The molecular formula is C22H26N4O4. The lowest BCUT2D eigenvalue weighted by atomic mass is 10.1. The van der Waals surface area contributed by atoms with E-state index in [0.717, 1.165) is 49.7 Å². The highest BCUT2D eigenvalue weighted by molar-refractivity contribution is 5.96. The standard InChI is InChI=1S/C22H26N4O4/c1-29-20-8-7-17(13-19(20)16-26-9-11-30-12-10-26)14-24-25-21(27)15-23-22(28)18-5-3-2-4-6-18/h2-8,13-14H,9-12,15-16H2,1H3,(H,23,28)(H,25,27)/b24-14-. The summed E-state index contributed by atoms with van der Waals surface area (Å²) in [5.41, 5.74) is 4.81. The maximum Gasteiger partial charge on any atom is 0.259 e. The fourth-order valence-corrected chi connectivity index (χ4v) is 3.07. The number of morpholine rings is 1. The molecule has 1 fully saturated rings. The minimum absolute atomic E-state index is 0.157. The molecule has 1 aliphatic heterocycles. The highest BCUT2D eigenvalue weighted by atomic mass is 16.5. The first-order chi connectivity index (χ1) is 14.7. The molecule has 0 radical (unpaired) electrons. The molecule has 0 aromatic heterocycles. The van der Waals surface area contributed by atoms with Gasteiger partial charge in [0.1, 0.15) is 5.75 Å². The summed E-state index contributed by atoms with van der Waals surface area (Å²) in [7, 11) is 1.65. The largest absolute Gasteiger partial charge is 0.496 e. The lowest BCUT2D eigenvalue weighted by Gasteiger charge is -2.27. The third-order valence-electron chi connectivity index (χ3n) is 4.65. The van der Waals surface area contributed by atoms with Gasteiger partial charge in [0.05, 0.1) is 33.1 Å². The summed E-state index contributed by atoms with van der Waals surface area (Å²) in [5, 5.41) is 6.55. The van der Waals surface area contributed by atoms with Crippen molar-refractivity contribution in [3.8, 4) is 5.75 Å². The number of hydrogen-bond donors (Lipinski definition) is 2. The van der Waals surface area contributed by atoms with Crippen molar-refractivity contribution >= 4 is 18.0 Å². The van der Waals surface area contributed by atoms with Crippen molar-refractivity contribution in [1.29, 1.82) is 0 Å². The van der Waals surface area contributed by atoms with Crippen LogP contribution in [0.15, 0.2) is 53.6 Å². The van der Waals surface area contributed by atoms with E-state index < -0.39 is 5.91 Å². The number of rotatable bonds is 8. The van der Waals surface area contributed by atoms with Gasteiger partial charge in [-0.2, -0.15) is 5.10 Å². The zero-order chi connectivity index (χ0) is 21.2. The van der Waals surface area contributed by atoms with Crippen LogP contribution in [0.5, 0.6) is 5.75 Å². The zero-order valence-electron chi connectivity index (χ0n) is 17.0. The summed E-state index contributed by atoms with van der Waals surface area (Å²) in [6, 6.07) is 14.5. The predicted molar refractivity (Wildman–Crippen MR) is 114 cm³/mol. The van der Waals surface area contributed by atoms with E-state index in [2.05, 4.69) is 20.7 Å². The Morgan fingerprint density at radius 2 is 1.93 bits per heavy atom. The summed E-state index contributed by atoms with van der Waals surface area (Å²) >= 11 is 0. The van der Waals surface area contributed by atoms with Crippen molar-refractivity contribution in [3.05, 3.63) is 65.2 Å². The molecule has 2 amide bonds. The summed E-state index contributed by atoms with van der Waals surface area (Å²) < 4.78 is 10.9. The highest BCUT2D eigenvalue weighted by Crippen LogP contribution is 2.21. The highest BCUT2D eigenvalue weighted by Gasteiger charge is 2.13. The molecule has 0 bridgehead atoms. The second kappa shape index (κ2) is 11.1. The van der Waals surface area contributed by atoms with E-state index in [0.29, 0.717) is 5.56 Å². The molecular weight excluding hydrogens is 384 g/mol. The summed E-state index contributed by atoms with van der Waals surface area (Å²) in [6.45, 7) is 3.83. The van der Waals surface area contributed by atoms with E-state index in [4.69, 9.17) is 9.47 Å². The molecule has 1 aliphatic rings. The van der Waals surface area contributed by atoms with Gasteiger partial charge in [0.2, 0.25) is 0 Å². The average Bonchev–Trinajstić information content (AvgIpc) is 2.79. The van der Waals surface area contributed by atoms with Crippen molar-refractivity contribution < 1.29 is 19.1 Å². The van der Waals surface area contributed by atoms with Gasteiger partial charge in [-0.25, -0.2) is 5.43 Å². The number of ether oxygens (including phenoxy) is 2. The Balaban J connectivity index is 1.51. The molecule has 1 saturated heterocycles. The van der Waals surface area contributed by atoms with Crippen LogP contribution in [0.4, 0.5) is 0 Å². The van der Waals surface area contributed by atoms with Gasteiger partial charge < -0.3 is 14.8 Å². The molecule has 0 atom stereocenters. The number of carbonyl (C=O) groups excluding carboxylic acids is 2. The number of nitrogens with zero attached hydrogens (tertiary/aromatic N) is 2. The Morgan fingerprint density at radius 3 is 2.67 bits per heavy atom. The zero-order valence-corrected chi connectivity index (χ0v) is 17.0. The van der Waals surface area contributed by atoms with Crippen LogP contribution in [0.2, 0.25) is 0 Å². The molecule has 2 aromatic rings. The van der Waals surface area contributed by atoms with Crippen LogP contribution in [0.3, 0.4) is 0 Å². The van der Waals surface area contributed by atoms with Crippen molar-refractivity contribution in [2.75, 3.05) is 40.0 Å². The predicted octanol–water partition coefficient (Wildman–Crippen LogP) is 1.41. The topological polar surface area (TPSA) is 92.3 Å². The van der Waals surface area contributed by atoms with Crippen LogP contribution in [-0.4, -0.2) is 62.9 Å². The molecule has 0 aliphatic carbocycles. The average molecular weight is 410 g/mol. The first-order valence-electron chi connectivity index (χ1n) is 9.78. The second-order valence-electron chi connectivity index (χ2n) is 6.80. The molecule has 8 nitrogen and oxygen atoms in total. The molecule has 0 unspecified atom stereocenters. The molecule has 0 spiro atoms. The molecule has 158 valence electrons. The monoisotopic (exact) mass is 410 g/mol. The SMILES string of the molecule is COc1ccc(/C=N\NC(=O)CNC(=O)c2ccccc2)cc1CN1CCOCC1. The van der Waals surface area contributed by atoms with Crippen LogP contribution >= 0.6 is 0 Å². The van der Waals surface area contributed by atoms with E-state index in [-0.39, 0.29) is 12.5 Å². The van der Waals surface area contributed by atoms with Gasteiger partial charge >= 0.3 is 0 Å². The van der Waals surface area contributed by atoms with Gasteiger partial charge in [-0.15, -0.1) is 0 Å². The van der Waals surface area contributed by atoms with Gasteiger partial charge in [-0.3, -0.25) is 14.5 Å². The van der Waals surface area contributed by atoms with E-state index in [9.17, 15) is 9.59 Å². The third kappa shape index (κ3) is 6.40. The Hall–Kier alpha value is -3.23. The third-order valence-corrected chi connectivity index (χ3v) is 4.65. The summed E-state index contributed by atoms with van der Waals surface area (Å²) in [5.74, 6) is 0.0986. The number of amides is 2. The van der Waals surface area contributed by atoms with Crippen molar-refractivity contribution in [2.45, 2.75) is 6.54 Å². The van der Waals surface area contributed by atoms with Gasteiger partial charge in [-0.05, 0) is 35.9 Å². The minimum Gasteiger partial charge on any atom is -0.496 e. The summed E-state index contributed by atoms with van der Waals surface area (Å²) in [6.07, 6.45) is 1.57. The van der Waals surface area contributed by atoms with Gasteiger partial charge in [-0.1, -0.05) is 18.2 Å². The number of methoxy groups -OCH3 is 1. The Bertz CT molecular complexity index is 880. The van der Waals surface area contributed by atoms with E-state index in [1.165, 1.54) is 0 Å². The minimum atomic E-state index is -0.405. The fraction of sp³-hybridized carbons (Fsp3) is 0.318.